The van der Waals surface area contributed by atoms with Crippen LogP contribution in [-0.4, -0.2) is 39.8 Å². The summed E-state index contributed by atoms with van der Waals surface area (Å²) in [5.41, 5.74) is -1.04. The van der Waals surface area contributed by atoms with Crippen LogP contribution < -0.4 is 5.32 Å². The predicted molar refractivity (Wildman–Crippen MR) is 103 cm³/mol. The molecule has 3 rings (SSSR count). The normalized spacial score (nSPS) is 25.6. The summed E-state index contributed by atoms with van der Waals surface area (Å²) in [6.45, 7) is 6.19. The highest BCUT2D eigenvalue weighted by atomic mass is 79.9. The highest BCUT2D eigenvalue weighted by molar-refractivity contribution is 9.10. The molecule has 1 saturated heterocycles. The van der Waals surface area contributed by atoms with Gasteiger partial charge in [-0.05, 0) is 49.5 Å². The van der Waals surface area contributed by atoms with Crippen molar-refractivity contribution in [2.75, 3.05) is 13.2 Å². The molecule has 26 heavy (non-hydrogen) atoms. The van der Waals surface area contributed by atoms with Gasteiger partial charge in [-0.3, -0.25) is 0 Å². The molecule has 2 fully saturated rings. The molecule has 1 saturated carbocycles. The van der Waals surface area contributed by atoms with Crippen molar-refractivity contribution < 1.29 is 14.3 Å². The second-order valence-corrected chi connectivity index (χ2v) is 9.55. The van der Waals surface area contributed by atoms with Gasteiger partial charge >= 0.3 is 5.97 Å². The third-order valence-electron chi connectivity index (χ3n) is 5.32. The summed E-state index contributed by atoms with van der Waals surface area (Å²) in [6, 6.07) is 0. The minimum absolute atomic E-state index is 0.0699. The molecule has 0 radical (unpaired) electrons. The van der Waals surface area contributed by atoms with Gasteiger partial charge in [-0.2, -0.15) is 0 Å². The Morgan fingerprint density at radius 1 is 1.35 bits per heavy atom. The van der Waals surface area contributed by atoms with E-state index in [1.165, 1.54) is 19.3 Å². The van der Waals surface area contributed by atoms with E-state index in [2.05, 4.69) is 26.2 Å². The zero-order valence-corrected chi connectivity index (χ0v) is 17.8. The van der Waals surface area contributed by atoms with Gasteiger partial charge in [0.2, 0.25) is 0 Å². The van der Waals surface area contributed by atoms with E-state index in [1.807, 2.05) is 38.6 Å². The fourth-order valence-corrected chi connectivity index (χ4v) is 4.80. The van der Waals surface area contributed by atoms with E-state index in [-0.39, 0.29) is 18.1 Å². The van der Waals surface area contributed by atoms with Gasteiger partial charge in [0.25, 0.3) is 0 Å². The van der Waals surface area contributed by atoms with E-state index in [1.54, 1.807) is 0 Å². The van der Waals surface area contributed by atoms with Gasteiger partial charge in [0.05, 0.1) is 0 Å². The van der Waals surface area contributed by atoms with Crippen LogP contribution in [0.1, 0.15) is 65.1 Å². The number of hydrogen-bond acceptors (Lipinski definition) is 5. The molecule has 1 aliphatic heterocycles. The molecule has 146 valence electrons. The third kappa shape index (κ3) is 4.31. The lowest BCUT2D eigenvalue weighted by molar-refractivity contribution is -0.167. The Hall–Kier alpha value is -0.920. The van der Waals surface area contributed by atoms with Crippen molar-refractivity contribution in [3.05, 3.63) is 16.6 Å². The molecule has 1 aromatic heterocycles. The molecule has 6 nitrogen and oxygen atoms in total. The van der Waals surface area contributed by atoms with E-state index >= 15 is 0 Å². The summed E-state index contributed by atoms with van der Waals surface area (Å²) in [5, 5.41) is 3.72. The molecule has 1 spiro atoms. The average Bonchev–Trinajstić information content (AvgIpc) is 3.06. The van der Waals surface area contributed by atoms with Crippen LogP contribution in [0.25, 0.3) is 0 Å². The number of hydrogen-bond donors (Lipinski definition) is 1. The van der Waals surface area contributed by atoms with E-state index in [0.29, 0.717) is 6.54 Å². The summed E-state index contributed by atoms with van der Waals surface area (Å²) < 4.78 is 14.5. The van der Waals surface area contributed by atoms with Gasteiger partial charge in [-0.1, -0.05) is 19.3 Å². The van der Waals surface area contributed by atoms with Crippen LogP contribution in [0.4, 0.5) is 0 Å². The SMILES string of the molecule is Cn1cc(Br)nc1C1(OCC(=O)OC(C)(C)C)CNC2(CCCCC2)C1. The first-order valence-corrected chi connectivity index (χ1v) is 10.2. The molecular weight excluding hydrogens is 398 g/mol. The van der Waals surface area contributed by atoms with Crippen molar-refractivity contribution in [1.82, 2.24) is 14.9 Å². The quantitative estimate of drug-likeness (QED) is 0.745. The Morgan fingerprint density at radius 2 is 2.04 bits per heavy atom. The lowest BCUT2D eigenvalue weighted by atomic mass is 9.78. The van der Waals surface area contributed by atoms with Crippen LogP contribution in [-0.2, 0) is 26.9 Å². The van der Waals surface area contributed by atoms with Crippen molar-refractivity contribution in [1.29, 1.82) is 0 Å². The van der Waals surface area contributed by atoms with Crippen LogP contribution in [0.3, 0.4) is 0 Å². The standard InChI is InChI=1S/C19H30BrN3O3/c1-17(2,3)26-15(24)11-25-19(16-22-14(20)10-23(16)4)12-18(21-13-19)8-6-5-7-9-18/h10,21H,5-9,11-13H2,1-4H3. The zero-order chi connectivity index (χ0) is 19.0. The fourth-order valence-electron chi connectivity index (χ4n) is 4.33. The predicted octanol–water partition coefficient (Wildman–Crippen LogP) is 3.43. The van der Waals surface area contributed by atoms with E-state index in [4.69, 9.17) is 9.47 Å². The first kappa shape index (κ1) is 19.8. The third-order valence-corrected chi connectivity index (χ3v) is 5.71. The number of carbonyl (C=O) groups is 1. The van der Waals surface area contributed by atoms with Crippen LogP contribution in [0.15, 0.2) is 10.8 Å². The number of halogens is 1. The summed E-state index contributed by atoms with van der Waals surface area (Å²) >= 11 is 3.46. The molecule has 0 bridgehead atoms. The van der Waals surface area contributed by atoms with Gasteiger partial charge in [-0.15, -0.1) is 0 Å². The van der Waals surface area contributed by atoms with Gasteiger partial charge in [0, 0.05) is 31.7 Å². The minimum Gasteiger partial charge on any atom is -0.458 e. The van der Waals surface area contributed by atoms with Gasteiger partial charge in [0.1, 0.15) is 28.2 Å². The lowest BCUT2D eigenvalue weighted by Gasteiger charge is -2.35. The van der Waals surface area contributed by atoms with Crippen molar-refractivity contribution >= 4 is 21.9 Å². The second kappa shape index (κ2) is 7.24. The lowest BCUT2D eigenvalue weighted by Crippen LogP contribution is -2.41. The highest BCUT2D eigenvalue weighted by Gasteiger charge is 2.52. The molecule has 2 heterocycles. The number of carbonyl (C=O) groups excluding carboxylic acids is 1. The van der Waals surface area contributed by atoms with Crippen molar-refractivity contribution in [3.8, 4) is 0 Å². The maximum Gasteiger partial charge on any atom is 0.332 e. The summed E-state index contributed by atoms with van der Waals surface area (Å²) in [6.07, 6.45) is 8.83. The van der Waals surface area contributed by atoms with E-state index < -0.39 is 11.2 Å². The second-order valence-electron chi connectivity index (χ2n) is 8.74. The van der Waals surface area contributed by atoms with Crippen molar-refractivity contribution in [2.24, 2.45) is 7.05 Å². The Morgan fingerprint density at radius 3 is 2.62 bits per heavy atom. The molecule has 2 aliphatic rings. The molecule has 7 heteroatoms. The molecule has 1 aromatic rings. The zero-order valence-electron chi connectivity index (χ0n) is 16.2. The molecule has 0 amide bonds. The van der Waals surface area contributed by atoms with Gasteiger partial charge in [0.15, 0.2) is 0 Å². The Bertz CT molecular complexity index is 661. The maximum atomic E-state index is 12.2. The minimum atomic E-state index is -0.616. The number of aryl methyl sites for hydroxylation is 1. The van der Waals surface area contributed by atoms with Crippen molar-refractivity contribution in [3.63, 3.8) is 0 Å². The van der Waals surface area contributed by atoms with Crippen LogP contribution in [0, 0.1) is 0 Å². The molecule has 1 N–H and O–H groups in total. The smallest absolute Gasteiger partial charge is 0.332 e. The molecule has 1 atom stereocenters. The number of nitrogens with one attached hydrogen (secondary N) is 1. The topological polar surface area (TPSA) is 65.4 Å². The summed E-state index contributed by atoms with van der Waals surface area (Å²) in [5.74, 6) is 0.512. The Balaban J connectivity index is 1.81. The number of aromatic nitrogens is 2. The Kier molecular flexibility index (Phi) is 5.53. The number of rotatable bonds is 4. The van der Waals surface area contributed by atoms with Gasteiger partial charge < -0.3 is 19.4 Å². The number of esters is 1. The maximum absolute atomic E-state index is 12.2. The van der Waals surface area contributed by atoms with E-state index in [9.17, 15) is 4.79 Å². The summed E-state index contributed by atoms with van der Waals surface area (Å²) in [4.78, 5) is 16.9. The Labute approximate surface area is 164 Å². The number of imidazole rings is 1. The molecular formula is C19H30BrN3O3. The van der Waals surface area contributed by atoms with Crippen LogP contribution in [0.5, 0.6) is 0 Å². The van der Waals surface area contributed by atoms with Crippen molar-refractivity contribution in [2.45, 2.75) is 76.0 Å². The van der Waals surface area contributed by atoms with Gasteiger partial charge in [-0.25, -0.2) is 9.78 Å². The highest BCUT2D eigenvalue weighted by Crippen LogP contribution is 2.45. The van der Waals surface area contributed by atoms with E-state index in [0.717, 1.165) is 29.7 Å². The van der Waals surface area contributed by atoms with Crippen LogP contribution in [0.2, 0.25) is 0 Å². The average molecular weight is 428 g/mol. The molecule has 1 aliphatic carbocycles. The monoisotopic (exact) mass is 427 g/mol. The largest absolute Gasteiger partial charge is 0.458 e. The first-order valence-electron chi connectivity index (χ1n) is 9.43. The summed E-state index contributed by atoms with van der Waals surface area (Å²) in [7, 11) is 1.97. The fraction of sp³-hybridized carbons (Fsp3) is 0.789. The first-order chi connectivity index (χ1) is 12.1. The number of nitrogens with zero attached hydrogens (tertiary/aromatic N) is 2. The van der Waals surface area contributed by atoms with Crippen LogP contribution >= 0.6 is 15.9 Å². The molecule has 1 unspecified atom stereocenters. The number of ether oxygens (including phenoxy) is 2. The molecule has 0 aromatic carbocycles.